The van der Waals surface area contributed by atoms with Gasteiger partial charge in [-0.3, -0.25) is 4.79 Å². The Bertz CT molecular complexity index is 672. The molecule has 7 heteroatoms. The lowest BCUT2D eigenvalue weighted by Crippen LogP contribution is -2.24. The van der Waals surface area contributed by atoms with Crippen LogP contribution in [-0.2, 0) is 13.1 Å². The lowest BCUT2D eigenvalue weighted by molar-refractivity contribution is 0.397. The van der Waals surface area contributed by atoms with Gasteiger partial charge in [-0.15, -0.1) is 0 Å². The molecule has 0 saturated carbocycles. The number of aromatic nitrogens is 3. The molecule has 2 heterocycles. The topological polar surface area (TPSA) is 69.0 Å². The first-order chi connectivity index (χ1) is 10.2. The van der Waals surface area contributed by atoms with Gasteiger partial charge in [-0.05, 0) is 34.0 Å². The van der Waals surface area contributed by atoms with Crippen molar-refractivity contribution in [3.8, 4) is 5.88 Å². The average molecular weight is 353 g/mol. The Morgan fingerprint density at radius 2 is 2.29 bits per heavy atom. The van der Waals surface area contributed by atoms with Gasteiger partial charge in [-0.1, -0.05) is 6.92 Å². The molecule has 0 bridgehead atoms. The van der Waals surface area contributed by atoms with Crippen LogP contribution in [0.15, 0.2) is 33.8 Å². The summed E-state index contributed by atoms with van der Waals surface area (Å²) in [5.41, 5.74) is 1.55. The Morgan fingerprint density at radius 1 is 1.48 bits per heavy atom. The van der Waals surface area contributed by atoms with Crippen LogP contribution in [0.1, 0.15) is 18.9 Å². The number of methoxy groups -OCH3 is 1. The third-order valence-electron chi connectivity index (χ3n) is 2.91. The summed E-state index contributed by atoms with van der Waals surface area (Å²) in [6, 6.07) is 3.72. The summed E-state index contributed by atoms with van der Waals surface area (Å²) in [4.78, 5) is 16.1. The number of rotatable bonds is 6. The van der Waals surface area contributed by atoms with Gasteiger partial charge in [0.2, 0.25) is 5.88 Å². The maximum absolute atomic E-state index is 12.1. The number of ether oxygens (including phenoxy) is 1. The lowest BCUT2D eigenvalue weighted by atomic mass is 10.2. The van der Waals surface area contributed by atoms with E-state index >= 15 is 0 Å². The Balaban J connectivity index is 2.13. The molecule has 0 atom stereocenters. The smallest absolute Gasteiger partial charge is 0.283 e. The molecule has 0 aliphatic carbocycles. The van der Waals surface area contributed by atoms with Crippen molar-refractivity contribution in [2.24, 2.45) is 0 Å². The molecule has 112 valence electrons. The Kier molecular flexibility index (Phi) is 5.32. The second kappa shape index (κ2) is 7.21. The van der Waals surface area contributed by atoms with Crippen molar-refractivity contribution in [3.63, 3.8) is 0 Å². The molecule has 0 aliphatic rings. The SMILES string of the molecule is CCCn1ncc(NCc2ccnc(OC)c2)c(Br)c1=O. The van der Waals surface area contributed by atoms with Crippen LogP contribution in [0.4, 0.5) is 5.69 Å². The monoisotopic (exact) mass is 352 g/mol. The molecular formula is C14H17BrN4O2. The van der Waals surface area contributed by atoms with E-state index in [-0.39, 0.29) is 5.56 Å². The summed E-state index contributed by atoms with van der Waals surface area (Å²) in [6.07, 6.45) is 4.20. The van der Waals surface area contributed by atoms with E-state index in [0.29, 0.717) is 29.1 Å². The van der Waals surface area contributed by atoms with Crippen molar-refractivity contribution in [1.82, 2.24) is 14.8 Å². The van der Waals surface area contributed by atoms with Gasteiger partial charge < -0.3 is 10.1 Å². The maximum Gasteiger partial charge on any atom is 0.283 e. The average Bonchev–Trinajstić information content (AvgIpc) is 2.51. The number of aryl methyl sites for hydroxylation is 1. The summed E-state index contributed by atoms with van der Waals surface area (Å²) in [7, 11) is 1.58. The van der Waals surface area contributed by atoms with Crippen molar-refractivity contribution < 1.29 is 4.74 Å². The fourth-order valence-electron chi connectivity index (χ4n) is 1.83. The number of anilines is 1. The van der Waals surface area contributed by atoms with E-state index in [1.165, 1.54) is 4.68 Å². The molecule has 21 heavy (non-hydrogen) atoms. The molecule has 0 radical (unpaired) electrons. The highest BCUT2D eigenvalue weighted by Crippen LogP contribution is 2.18. The van der Waals surface area contributed by atoms with Gasteiger partial charge >= 0.3 is 0 Å². The molecule has 0 fully saturated rings. The van der Waals surface area contributed by atoms with E-state index < -0.39 is 0 Å². The van der Waals surface area contributed by atoms with Crippen molar-refractivity contribution in [1.29, 1.82) is 0 Å². The van der Waals surface area contributed by atoms with Gasteiger partial charge in [0.1, 0.15) is 4.47 Å². The molecule has 0 amide bonds. The highest BCUT2D eigenvalue weighted by atomic mass is 79.9. The van der Waals surface area contributed by atoms with Crippen LogP contribution in [0.25, 0.3) is 0 Å². The lowest BCUT2D eigenvalue weighted by Gasteiger charge is -2.10. The van der Waals surface area contributed by atoms with E-state index in [1.54, 1.807) is 19.5 Å². The van der Waals surface area contributed by atoms with Crippen LogP contribution in [-0.4, -0.2) is 21.9 Å². The maximum atomic E-state index is 12.1. The molecule has 0 aromatic carbocycles. The molecule has 2 aromatic heterocycles. The van der Waals surface area contributed by atoms with Crippen LogP contribution >= 0.6 is 15.9 Å². The Labute approximate surface area is 131 Å². The van der Waals surface area contributed by atoms with Gasteiger partial charge in [-0.25, -0.2) is 9.67 Å². The van der Waals surface area contributed by atoms with Crippen LogP contribution in [0.3, 0.4) is 0 Å². The van der Waals surface area contributed by atoms with Crippen molar-refractivity contribution >= 4 is 21.6 Å². The summed E-state index contributed by atoms with van der Waals surface area (Å²) in [6.45, 7) is 3.17. The second-order valence-corrected chi connectivity index (χ2v) is 5.25. The minimum Gasteiger partial charge on any atom is -0.481 e. The van der Waals surface area contributed by atoms with E-state index in [0.717, 1.165) is 12.0 Å². The Hall–Kier alpha value is -1.89. The summed E-state index contributed by atoms with van der Waals surface area (Å²) in [5, 5.41) is 7.33. The standard InChI is InChI=1S/C14H17BrN4O2/c1-3-6-19-14(20)13(15)11(9-18-19)17-8-10-4-5-16-12(7-10)21-2/h4-5,7,9,17H,3,6,8H2,1-2H3. The number of nitrogens with zero attached hydrogens (tertiary/aromatic N) is 3. The molecule has 0 unspecified atom stereocenters. The van der Waals surface area contributed by atoms with Crippen LogP contribution in [0.5, 0.6) is 5.88 Å². The highest BCUT2D eigenvalue weighted by molar-refractivity contribution is 9.10. The van der Waals surface area contributed by atoms with Crippen molar-refractivity contribution in [2.45, 2.75) is 26.4 Å². The van der Waals surface area contributed by atoms with Gasteiger partial charge in [0, 0.05) is 25.4 Å². The molecule has 0 aliphatic heterocycles. The zero-order valence-electron chi connectivity index (χ0n) is 12.0. The number of halogens is 1. The molecule has 2 rings (SSSR count). The number of pyridine rings is 1. The van der Waals surface area contributed by atoms with Crippen LogP contribution in [0, 0.1) is 0 Å². The fourth-order valence-corrected chi connectivity index (χ4v) is 2.28. The largest absolute Gasteiger partial charge is 0.481 e. The first-order valence-electron chi connectivity index (χ1n) is 6.64. The highest BCUT2D eigenvalue weighted by Gasteiger charge is 2.08. The molecule has 1 N–H and O–H groups in total. The summed E-state index contributed by atoms with van der Waals surface area (Å²) in [5.74, 6) is 0.560. The van der Waals surface area contributed by atoms with E-state index in [9.17, 15) is 4.79 Å². The van der Waals surface area contributed by atoms with E-state index in [2.05, 4.69) is 31.3 Å². The van der Waals surface area contributed by atoms with Crippen LogP contribution < -0.4 is 15.6 Å². The first kappa shape index (κ1) is 15.5. The van der Waals surface area contributed by atoms with Crippen molar-refractivity contribution in [3.05, 3.63) is 44.9 Å². The fraction of sp³-hybridized carbons (Fsp3) is 0.357. The summed E-state index contributed by atoms with van der Waals surface area (Å²) >= 11 is 3.33. The molecule has 2 aromatic rings. The van der Waals surface area contributed by atoms with Gasteiger partial charge in [0.25, 0.3) is 5.56 Å². The van der Waals surface area contributed by atoms with Gasteiger partial charge in [0.15, 0.2) is 0 Å². The third-order valence-corrected chi connectivity index (χ3v) is 3.68. The minimum atomic E-state index is -0.130. The quantitative estimate of drug-likeness (QED) is 0.864. The Morgan fingerprint density at radius 3 is 3.00 bits per heavy atom. The minimum absolute atomic E-state index is 0.130. The summed E-state index contributed by atoms with van der Waals surface area (Å²) < 4.78 is 7.02. The predicted molar refractivity (Wildman–Crippen MR) is 84.6 cm³/mol. The first-order valence-corrected chi connectivity index (χ1v) is 7.43. The van der Waals surface area contributed by atoms with E-state index in [1.807, 2.05) is 19.1 Å². The second-order valence-electron chi connectivity index (χ2n) is 4.46. The number of hydrogen-bond donors (Lipinski definition) is 1. The number of hydrogen-bond acceptors (Lipinski definition) is 5. The molecule has 0 saturated heterocycles. The third kappa shape index (κ3) is 3.81. The van der Waals surface area contributed by atoms with E-state index in [4.69, 9.17) is 4.74 Å². The molecular weight excluding hydrogens is 336 g/mol. The normalized spacial score (nSPS) is 10.4. The molecule has 0 spiro atoms. The predicted octanol–water partition coefficient (Wildman–Crippen LogP) is 2.43. The van der Waals surface area contributed by atoms with Gasteiger partial charge in [-0.2, -0.15) is 5.10 Å². The number of nitrogens with one attached hydrogen (secondary N) is 1. The zero-order chi connectivity index (χ0) is 15.2. The van der Waals surface area contributed by atoms with Crippen molar-refractivity contribution in [2.75, 3.05) is 12.4 Å². The van der Waals surface area contributed by atoms with Crippen LogP contribution in [0.2, 0.25) is 0 Å². The molecule has 6 nitrogen and oxygen atoms in total. The zero-order valence-corrected chi connectivity index (χ0v) is 13.6. The van der Waals surface area contributed by atoms with Gasteiger partial charge in [0.05, 0.1) is 19.0 Å².